The van der Waals surface area contributed by atoms with E-state index >= 15 is 0 Å². The van der Waals surface area contributed by atoms with E-state index in [1.165, 1.54) is 23.9 Å². The number of piperazine rings is 1. The van der Waals surface area contributed by atoms with E-state index in [0.29, 0.717) is 18.1 Å². The molecule has 10 heteroatoms. The summed E-state index contributed by atoms with van der Waals surface area (Å²) in [5, 5.41) is 14.0. The summed E-state index contributed by atoms with van der Waals surface area (Å²) >= 11 is 7.18. The van der Waals surface area contributed by atoms with Crippen molar-refractivity contribution in [3.8, 4) is 0 Å². The van der Waals surface area contributed by atoms with Crippen LogP contribution in [0.5, 0.6) is 0 Å². The van der Waals surface area contributed by atoms with E-state index in [9.17, 15) is 19.7 Å². The third-order valence-corrected chi connectivity index (χ3v) is 5.94. The number of benzene rings is 2. The van der Waals surface area contributed by atoms with Crippen molar-refractivity contribution in [1.82, 2.24) is 10.2 Å². The lowest BCUT2D eigenvalue weighted by Gasteiger charge is -2.36. The number of anilines is 1. The zero-order valence-corrected chi connectivity index (χ0v) is 17.7. The zero-order chi connectivity index (χ0) is 21.5. The first kappa shape index (κ1) is 21.9. The van der Waals surface area contributed by atoms with Crippen molar-refractivity contribution in [2.45, 2.75) is 4.90 Å². The number of hydrogen-bond acceptors (Lipinski definition) is 6. The Morgan fingerprint density at radius 2 is 1.67 bits per heavy atom. The number of carbonyl (C=O) groups is 2. The molecule has 0 spiro atoms. The minimum atomic E-state index is -0.470. The summed E-state index contributed by atoms with van der Waals surface area (Å²) in [5.74, 6) is -0.235. The smallest absolute Gasteiger partial charge is 0.269 e. The first-order valence-electron chi connectivity index (χ1n) is 9.34. The molecule has 1 fully saturated rings. The predicted octanol–water partition coefficient (Wildman–Crippen LogP) is 2.81. The van der Waals surface area contributed by atoms with Gasteiger partial charge in [-0.3, -0.25) is 19.7 Å². The Morgan fingerprint density at radius 3 is 2.27 bits per heavy atom. The van der Waals surface area contributed by atoms with Crippen LogP contribution in [0.4, 0.5) is 11.4 Å². The molecule has 0 saturated carbocycles. The molecule has 2 amide bonds. The molecule has 0 aromatic heterocycles. The van der Waals surface area contributed by atoms with Crippen molar-refractivity contribution in [3.63, 3.8) is 0 Å². The van der Waals surface area contributed by atoms with Gasteiger partial charge in [0.05, 0.1) is 17.2 Å². The Bertz CT molecular complexity index is 900. The molecular formula is C20H21ClN4O4S. The van der Waals surface area contributed by atoms with Crippen LogP contribution in [-0.4, -0.2) is 60.1 Å². The van der Waals surface area contributed by atoms with E-state index in [0.717, 1.165) is 23.7 Å². The zero-order valence-electron chi connectivity index (χ0n) is 16.1. The van der Waals surface area contributed by atoms with E-state index in [4.69, 9.17) is 11.6 Å². The summed E-state index contributed by atoms with van der Waals surface area (Å²) in [6.45, 7) is 2.58. The van der Waals surface area contributed by atoms with Crippen LogP contribution < -0.4 is 10.2 Å². The highest BCUT2D eigenvalue weighted by Gasteiger charge is 2.21. The molecule has 30 heavy (non-hydrogen) atoms. The molecule has 8 nitrogen and oxygen atoms in total. The molecule has 0 unspecified atom stereocenters. The van der Waals surface area contributed by atoms with Crippen LogP contribution in [0.2, 0.25) is 5.02 Å². The second-order valence-corrected chi connectivity index (χ2v) is 8.15. The molecule has 158 valence electrons. The Kier molecular flexibility index (Phi) is 7.53. The molecule has 0 bridgehead atoms. The highest BCUT2D eigenvalue weighted by Crippen LogP contribution is 2.21. The SMILES string of the molecule is O=C(CSc1ccc([N+](=O)[O-])cc1)NCC(=O)N1CCN(c2ccc(Cl)cc2)CC1. The molecule has 1 aliphatic rings. The number of nitrogens with one attached hydrogen (secondary N) is 1. The van der Waals surface area contributed by atoms with Crippen LogP contribution in [0.1, 0.15) is 0 Å². The number of non-ortho nitro benzene ring substituents is 1. The Hall–Kier alpha value is -2.78. The van der Waals surface area contributed by atoms with Crippen molar-refractivity contribution >= 4 is 46.6 Å². The maximum atomic E-state index is 12.4. The average Bonchev–Trinajstić information content (AvgIpc) is 2.77. The van der Waals surface area contributed by atoms with Crippen LogP contribution in [-0.2, 0) is 9.59 Å². The van der Waals surface area contributed by atoms with E-state index in [1.54, 1.807) is 17.0 Å². The van der Waals surface area contributed by atoms with Gasteiger partial charge in [-0.2, -0.15) is 0 Å². The number of nitrogens with zero attached hydrogens (tertiary/aromatic N) is 3. The second kappa shape index (κ2) is 10.3. The molecular weight excluding hydrogens is 428 g/mol. The van der Waals surface area contributed by atoms with Crippen LogP contribution >= 0.6 is 23.4 Å². The van der Waals surface area contributed by atoms with E-state index < -0.39 is 4.92 Å². The molecule has 0 aliphatic carbocycles. The average molecular weight is 449 g/mol. The minimum absolute atomic E-state index is 0.00515. The molecule has 2 aromatic carbocycles. The molecule has 1 N–H and O–H groups in total. The van der Waals surface area contributed by atoms with Gasteiger partial charge in [0, 0.05) is 53.9 Å². The fourth-order valence-corrected chi connectivity index (χ4v) is 3.87. The van der Waals surface area contributed by atoms with Gasteiger partial charge in [0.1, 0.15) is 0 Å². The quantitative estimate of drug-likeness (QED) is 0.397. The van der Waals surface area contributed by atoms with Crippen molar-refractivity contribution in [1.29, 1.82) is 0 Å². The number of nitro benzene ring substituents is 1. The number of thioether (sulfide) groups is 1. The molecule has 3 rings (SSSR count). The van der Waals surface area contributed by atoms with Gasteiger partial charge in [-0.25, -0.2) is 0 Å². The monoisotopic (exact) mass is 448 g/mol. The highest BCUT2D eigenvalue weighted by atomic mass is 35.5. The Labute approximate surface area is 183 Å². The van der Waals surface area contributed by atoms with Gasteiger partial charge in [0.25, 0.3) is 5.69 Å². The molecule has 1 saturated heterocycles. The van der Waals surface area contributed by atoms with Crippen molar-refractivity contribution in [2.75, 3.05) is 43.4 Å². The highest BCUT2D eigenvalue weighted by molar-refractivity contribution is 8.00. The van der Waals surface area contributed by atoms with Crippen LogP contribution in [0, 0.1) is 10.1 Å². The largest absolute Gasteiger partial charge is 0.368 e. The number of hydrogen-bond donors (Lipinski definition) is 1. The summed E-state index contributed by atoms with van der Waals surface area (Å²) < 4.78 is 0. The lowest BCUT2D eigenvalue weighted by Crippen LogP contribution is -2.51. The van der Waals surface area contributed by atoms with Gasteiger partial charge in [0.2, 0.25) is 11.8 Å². The minimum Gasteiger partial charge on any atom is -0.368 e. The molecule has 0 radical (unpaired) electrons. The number of halogens is 1. The topological polar surface area (TPSA) is 95.8 Å². The number of amides is 2. The van der Waals surface area contributed by atoms with Crippen molar-refractivity contribution in [2.24, 2.45) is 0 Å². The van der Waals surface area contributed by atoms with E-state index in [1.807, 2.05) is 24.3 Å². The normalized spacial score (nSPS) is 13.8. The summed E-state index contributed by atoms with van der Waals surface area (Å²) in [5.41, 5.74) is 1.08. The molecule has 1 heterocycles. The maximum Gasteiger partial charge on any atom is 0.269 e. The third kappa shape index (κ3) is 6.11. The van der Waals surface area contributed by atoms with Gasteiger partial charge in [-0.1, -0.05) is 11.6 Å². The molecule has 0 atom stereocenters. The fourth-order valence-electron chi connectivity index (χ4n) is 3.02. The van der Waals surface area contributed by atoms with Gasteiger partial charge >= 0.3 is 0 Å². The van der Waals surface area contributed by atoms with Crippen LogP contribution in [0.15, 0.2) is 53.4 Å². The summed E-state index contributed by atoms with van der Waals surface area (Å²) in [6.07, 6.45) is 0. The van der Waals surface area contributed by atoms with Crippen LogP contribution in [0.25, 0.3) is 0 Å². The van der Waals surface area contributed by atoms with E-state index in [-0.39, 0.29) is 29.8 Å². The first-order valence-corrected chi connectivity index (χ1v) is 10.7. The Morgan fingerprint density at radius 1 is 1.03 bits per heavy atom. The fraction of sp³-hybridized carbons (Fsp3) is 0.300. The van der Waals surface area contributed by atoms with Crippen molar-refractivity contribution < 1.29 is 14.5 Å². The molecule has 2 aromatic rings. The van der Waals surface area contributed by atoms with E-state index in [2.05, 4.69) is 10.2 Å². The first-order chi connectivity index (χ1) is 14.4. The van der Waals surface area contributed by atoms with Gasteiger partial charge < -0.3 is 15.1 Å². The standard InChI is InChI=1S/C20H21ClN4O4S/c21-15-1-3-16(4-2-15)23-9-11-24(12-10-23)20(27)13-22-19(26)14-30-18-7-5-17(6-8-18)25(28)29/h1-8H,9-14H2,(H,22,26). The predicted molar refractivity (Wildman–Crippen MR) is 117 cm³/mol. The van der Waals surface area contributed by atoms with Gasteiger partial charge in [-0.05, 0) is 36.4 Å². The summed E-state index contributed by atoms with van der Waals surface area (Å²) in [6, 6.07) is 13.6. The van der Waals surface area contributed by atoms with Gasteiger partial charge in [0.15, 0.2) is 0 Å². The number of nitro groups is 1. The maximum absolute atomic E-state index is 12.4. The second-order valence-electron chi connectivity index (χ2n) is 6.66. The summed E-state index contributed by atoms with van der Waals surface area (Å²) in [4.78, 5) is 39.3. The van der Waals surface area contributed by atoms with Gasteiger partial charge in [-0.15, -0.1) is 11.8 Å². The Balaban J connectivity index is 1.37. The van der Waals surface area contributed by atoms with Crippen LogP contribution in [0.3, 0.4) is 0 Å². The lowest BCUT2D eigenvalue weighted by atomic mass is 10.2. The van der Waals surface area contributed by atoms with Crippen molar-refractivity contribution in [3.05, 3.63) is 63.7 Å². The third-order valence-electron chi connectivity index (χ3n) is 4.68. The molecule has 1 aliphatic heterocycles. The number of carbonyl (C=O) groups excluding carboxylic acids is 2. The summed E-state index contributed by atoms with van der Waals surface area (Å²) in [7, 11) is 0. The lowest BCUT2D eigenvalue weighted by molar-refractivity contribution is -0.384. The number of rotatable bonds is 7.